The minimum atomic E-state index is -2.41. The lowest BCUT2D eigenvalue weighted by Crippen LogP contribution is -2.03. The van der Waals surface area contributed by atoms with Crippen LogP contribution in [0.25, 0.3) is 0 Å². The summed E-state index contributed by atoms with van der Waals surface area (Å²) in [5.74, 6) is 0. The standard InChI is InChI=1S/C7H8O2S.CH3NO2/c1-6-2-4-7(5-3-6)10(8)9;2-1(3)4/h2-5,10H,1H3;2H2,(H,3,4). The number of thiol groups is 1. The Morgan fingerprint density at radius 1 is 1.29 bits per heavy atom. The van der Waals surface area contributed by atoms with Crippen molar-refractivity contribution in [3.8, 4) is 0 Å². The van der Waals surface area contributed by atoms with Crippen LogP contribution in [0.5, 0.6) is 0 Å². The zero-order valence-electron chi connectivity index (χ0n) is 7.51. The number of aryl methyl sites for hydroxylation is 1. The second-order valence-electron chi connectivity index (χ2n) is 2.43. The summed E-state index contributed by atoms with van der Waals surface area (Å²) in [5.41, 5.74) is 5.10. The molecule has 0 spiro atoms. The topological polar surface area (TPSA) is 97.5 Å². The quantitative estimate of drug-likeness (QED) is 0.599. The number of benzene rings is 1. The maximum absolute atomic E-state index is 10.3. The molecule has 1 aromatic rings. The summed E-state index contributed by atoms with van der Waals surface area (Å²) in [6.45, 7) is 1.92. The first-order valence-electron chi connectivity index (χ1n) is 3.63. The highest BCUT2D eigenvalue weighted by Crippen LogP contribution is 2.02. The lowest BCUT2D eigenvalue weighted by Gasteiger charge is -1.90. The molecular formula is C8H11NO4S. The van der Waals surface area contributed by atoms with Crippen LogP contribution in [0.1, 0.15) is 5.56 Å². The Hall–Kier alpha value is -1.56. The molecule has 3 N–H and O–H groups in total. The molecule has 1 rings (SSSR count). The second kappa shape index (κ2) is 5.98. The van der Waals surface area contributed by atoms with Gasteiger partial charge in [0.25, 0.3) is 0 Å². The molecule has 1 aromatic carbocycles. The third kappa shape index (κ3) is 6.01. The van der Waals surface area contributed by atoms with E-state index in [1.165, 1.54) is 0 Å². The first kappa shape index (κ1) is 12.4. The molecule has 0 saturated heterocycles. The predicted octanol–water partition coefficient (Wildman–Crippen LogP) is 0.588. The average molecular weight is 217 g/mol. The van der Waals surface area contributed by atoms with E-state index < -0.39 is 16.8 Å². The van der Waals surface area contributed by atoms with Crippen LogP contribution in [-0.2, 0) is 10.7 Å². The van der Waals surface area contributed by atoms with Gasteiger partial charge in [-0.15, -0.1) is 0 Å². The summed E-state index contributed by atoms with van der Waals surface area (Å²) < 4.78 is 20.7. The van der Waals surface area contributed by atoms with Crippen LogP contribution >= 0.6 is 0 Å². The molecule has 0 unspecified atom stereocenters. The van der Waals surface area contributed by atoms with E-state index in [1.54, 1.807) is 24.3 Å². The van der Waals surface area contributed by atoms with E-state index in [4.69, 9.17) is 9.90 Å². The molecule has 0 aliphatic heterocycles. The third-order valence-electron chi connectivity index (χ3n) is 1.24. The molecule has 0 heterocycles. The van der Waals surface area contributed by atoms with Gasteiger partial charge in [-0.2, -0.15) is 0 Å². The van der Waals surface area contributed by atoms with Crippen LogP contribution in [0.3, 0.4) is 0 Å². The fourth-order valence-corrected chi connectivity index (χ4v) is 1.06. The molecule has 0 aliphatic carbocycles. The van der Waals surface area contributed by atoms with Crippen LogP contribution in [0.2, 0.25) is 0 Å². The zero-order valence-corrected chi connectivity index (χ0v) is 8.40. The van der Waals surface area contributed by atoms with Crippen molar-refractivity contribution in [1.29, 1.82) is 0 Å². The Labute approximate surface area is 83.1 Å². The molecule has 0 radical (unpaired) electrons. The number of nitrogens with two attached hydrogens (primary N) is 1. The van der Waals surface area contributed by atoms with Gasteiger partial charge in [-0.25, -0.2) is 13.2 Å². The van der Waals surface area contributed by atoms with Crippen molar-refractivity contribution in [3.05, 3.63) is 29.8 Å². The smallest absolute Gasteiger partial charge is 0.402 e. The molecule has 6 heteroatoms. The zero-order chi connectivity index (χ0) is 11.1. The number of amides is 1. The molecule has 0 fully saturated rings. The Morgan fingerprint density at radius 2 is 1.64 bits per heavy atom. The predicted molar refractivity (Wildman–Crippen MR) is 52.0 cm³/mol. The number of carbonyl (C=O) groups is 1. The van der Waals surface area contributed by atoms with Crippen molar-refractivity contribution >= 4 is 16.8 Å². The van der Waals surface area contributed by atoms with Crippen LogP contribution in [0.4, 0.5) is 4.79 Å². The van der Waals surface area contributed by atoms with E-state index in [1.807, 2.05) is 6.92 Å². The normalized spacial score (nSPS) is 9.00. The lowest BCUT2D eigenvalue weighted by molar-refractivity contribution is 0.205. The first-order valence-corrected chi connectivity index (χ1v) is 4.80. The minimum absolute atomic E-state index is 0.376. The molecule has 0 atom stereocenters. The SMILES string of the molecule is Cc1ccc([SH](=O)=O)cc1.NC(=O)O. The van der Waals surface area contributed by atoms with Gasteiger partial charge in [0, 0.05) is 0 Å². The van der Waals surface area contributed by atoms with E-state index >= 15 is 0 Å². The second-order valence-corrected chi connectivity index (χ2v) is 3.46. The van der Waals surface area contributed by atoms with Crippen molar-refractivity contribution in [1.82, 2.24) is 0 Å². The molecule has 0 aromatic heterocycles. The molecule has 1 amide bonds. The largest absolute Gasteiger partial charge is 0.465 e. The maximum Gasteiger partial charge on any atom is 0.402 e. The third-order valence-corrected chi connectivity index (χ3v) is 1.96. The van der Waals surface area contributed by atoms with Gasteiger partial charge in [-0.3, -0.25) is 0 Å². The number of carboxylic acid groups (broad SMARTS) is 1. The highest BCUT2D eigenvalue weighted by atomic mass is 32.2. The van der Waals surface area contributed by atoms with E-state index in [2.05, 4.69) is 5.73 Å². The highest BCUT2D eigenvalue weighted by Gasteiger charge is 1.90. The summed E-state index contributed by atoms with van der Waals surface area (Å²) >= 11 is 0. The number of primary amides is 1. The van der Waals surface area contributed by atoms with Gasteiger partial charge in [-0.1, -0.05) is 17.7 Å². The highest BCUT2D eigenvalue weighted by molar-refractivity contribution is 7.72. The van der Waals surface area contributed by atoms with Crippen molar-refractivity contribution in [3.63, 3.8) is 0 Å². The lowest BCUT2D eigenvalue weighted by atomic mass is 10.2. The molecule has 14 heavy (non-hydrogen) atoms. The molecule has 78 valence electrons. The van der Waals surface area contributed by atoms with Crippen molar-refractivity contribution in [2.45, 2.75) is 11.8 Å². The number of hydrogen-bond donors (Lipinski definition) is 3. The summed E-state index contributed by atoms with van der Waals surface area (Å²) in [5, 5.41) is 7.19. The monoisotopic (exact) mass is 217 g/mol. The maximum atomic E-state index is 10.3. The minimum Gasteiger partial charge on any atom is -0.465 e. The Kier molecular flexibility index (Phi) is 5.31. The summed E-state index contributed by atoms with van der Waals surface area (Å²) in [6, 6.07) is 6.75. The average Bonchev–Trinajstić information content (AvgIpc) is 2.03. The van der Waals surface area contributed by atoms with Gasteiger partial charge in [0.05, 0.1) is 4.90 Å². The summed E-state index contributed by atoms with van der Waals surface area (Å²) in [7, 11) is -2.41. The van der Waals surface area contributed by atoms with Crippen LogP contribution in [-0.4, -0.2) is 19.6 Å². The van der Waals surface area contributed by atoms with Crippen molar-refractivity contribution < 1.29 is 18.3 Å². The molecule has 0 bridgehead atoms. The van der Waals surface area contributed by atoms with Gasteiger partial charge >= 0.3 is 6.09 Å². The van der Waals surface area contributed by atoms with Crippen LogP contribution < -0.4 is 5.73 Å². The number of hydrogen-bond acceptors (Lipinski definition) is 3. The molecule has 0 aliphatic rings. The first-order chi connectivity index (χ1) is 6.43. The molecule has 0 saturated carbocycles. The van der Waals surface area contributed by atoms with Gasteiger partial charge in [0.15, 0.2) is 10.7 Å². The number of rotatable bonds is 1. The summed E-state index contributed by atoms with van der Waals surface area (Å²) in [4.78, 5) is 9.15. The van der Waals surface area contributed by atoms with Crippen molar-refractivity contribution in [2.75, 3.05) is 0 Å². The van der Waals surface area contributed by atoms with Crippen LogP contribution in [0, 0.1) is 6.92 Å². The fourth-order valence-electron chi connectivity index (χ4n) is 0.666. The van der Waals surface area contributed by atoms with E-state index in [9.17, 15) is 8.42 Å². The van der Waals surface area contributed by atoms with Crippen LogP contribution in [0.15, 0.2) is 29.2 Å². The Morgan fingerprint density at radius 3 is 1.93 bits per heavy atom. The van der Waals surface area contributed by atoms with Gasteiger partial charge in [0.1, 0.15) is 0 Å². The molecular weight excluding hydrogens is 206 g/mol. The molecule has 5 nitrogen and oxygen atoms in total. The van der Waals surface area contributed by atoms with Gasteiger partial charge < -0.3 is 10.8 Å². The van der Waals surface area contributed by atoms with E-state index in [-0.39, 0.29) is 0 Å². The Bertz CT molecular complexity index is 357. The summed E-state index contributed by atoms with van der Waals surface area (Å²) in [6.07, 6.45) is -1.33. The van der Waals surface area contributed by atoms with E-state index in [0.29, 0.717) is 4.90 Å². The van der Waals surface area contributed by atoms with Crippen molar-refractivity contribution in [2.24, 2.45) is 5.73 Å². The van der Waals surface area contributed by atoms with E-state index in [0.717, 1.165) is 5.56 Å². The Balaban J connectivity index is 0.000000364. The van der Waals surface area contributed by atoms with Gasteiger partial charge in [-0.05, 0) is 19.1 Å². The van der Waals surface area contributed by atoms with Gasteiger partial charge in [0.2, 0.25) is 0 Å². The fraction of sp³-hybridized carbons (Fsp3) is 0.125.